The Labute approximate surface area is 308 Å². The Morgan fingerprint density at radius 2 is 1.34 bits per heavy atom. The third-order valence-electron chi connectivity index (χ3n) is 11.9. The Morgan fingerprint density at radius 3 is 2.23 bits per heavy atom. The smallest absolute Gasteiger partial charge is 0.138 e. The number of allylic oxidation sites excluding steroid dienone is 1. The van der Waals surface area contributed by atoms with Crippen molar-refractivity contribution in [2.75, 3.05) is 0 Å². The second-order valence-electron chi connectivity index (χ2n) is 14.9. The number of aromatic nitrogens is 1. The molecule has 9 aromatic rings. The van der Waals surface area contributed by atoms with Crippen molar-refractivity contribution in [3.8, 4) is 11.1 Å². The number of furan rings is 1. The maximum atomic E-state index is 6.76. The molecule has 252 valence electrons. The van der Waals surface area contributed by atoms with Gasteiger partial charge in [0, 0.05) is 39.4 Å². The van der Waals surface area contributed by atoms with Crippen molar-refractivity contribution in [3.05, 3.63) is 180 Å². The fraction of sp³-hybridized carbons (Fsp3) is 0.120. The van der Waals surface area contributed by atoms with Gasteiger partial charge in [0.15, 0.2) is 0 Å². The molecule has 11 rings (SSSR count). The van der Waals surface area contributed by atoms with Crippen LogP contribution in [0.4, 0.5) is 0 Å². The van der Waals surface area contributed by atoms with Gasteiger partial charge < -0.3 is 4.42 Å². The van der Waals surface area contributed by atoms with Crippen molar-refractivity contribution in [2.45, 2.75) is 32.1 Å². The number of nitrogens with zero attached hydrogens (tertiary/aromatic N) is 2. The molecule has 2 atom stereocenters. The molecular weight excluding hydrogens is 645 g/mol. The highest BCUT2D eigenvalue weighted by Crippen LogP contribution is 2.46. The number of pyridine rings is 1. The van der Waals surface area contributed by atoms with Crippen LogP contribution in [0.15, 0.2) is 167 Å². The molecule has 1 aliphatic heterocycles. The van der Waals surface area contributed by atoms with Gasteiger partial charge in [-0.25, -0.2) is 0 Å². The van der Waals surface area contributed by atoms with E-state index in [-0.39, 0.29) is 11.8 Å². The SMILES string of the molecule is C/C1=C(c2ccc(-c3ccccc3)cc2)\N=C2\c3cccc4ccc5ccc6ncc(cc6c5c34)CC2C(c2cccc3c2oc2ccccc23)CC1. The molecule has 0 spiro atoms. The van der Waals surface area contributed by atoms with E-state index in [1.54, 1.807) is 0 Å². The van der Waals surface area contributed by atoms with E-state index >= 15 is 0 Å². The fourth-order valence-corrected chi connectivity index (χ4v) is 9.30. The van der Waals surface area contributed by atoms with Crippen molar-refractivity contribution >= 4 is 65.8 Å². The summed E-state index contributed by atoms with van der Waals surface area (Å²) in [4.78, 5) is 11.0. The first-order valence-electron chi connectivity index (χ1n) is 18.8. The van der Waals surface area contributed by atoms with E-state index in [0.717, 1.165) is 58.3 Å². The normalized spacial score (nSPS) is 19.7. The summed E-state index contributed by atoms with van der Waals surface area (Å²) in [5, 5.41) is 8.54. The summed E-state index contributed by atoms with van der Waals surface area (Å²) in [6.45, 7) is 2.29. The highest BCUT2D eigenvalue weighted by atomic mass is 16.3. The molecule has 53 heavy (non-hydrogen) atoms. The summed E-state index contributed by atoms with van der Waals surface area (Å²) in [6.07, 6.45) is 4.83. The lowest BCUT2D eigenvalue weighted by atomic mass is 9.73. The monoisotopic (exact) mass is 680 g/mol. The summed E-state index contributed by atoms with van der Waals surface area (Å²) >= 11 is 0. The summed E-state index contributed by atoms with van der Waals surface area (Å²) in [7, 11) is 0. The summed E-state index contributed by atoms with van der Waals surface area (Å²) in [5.74, 6) is 0.219. The lowest BCUT2D eigenvalue weighted by Crippen LogP contribution is -2.27. The second kappa shape index (κ2) is 11.9. The van der Waals surface area contributed by atoms with Crippen LogP contribution in [0.2, 0.25) is 0 Å². The third kappa shape index (κ3) is 4.80. The topological polar surface area (TPSA) is 38.4 Å². The predicted octanol–water partition coefficient (Wildman–Crippen LogP) is 13.1. The van der Waals surface area contributed by atoms with Crippen molar-refractivity contribution in [1.29, 1.82) is 0 Å². The van der Waals surface area contributed by atoms with Crippen molar-refractivity contribution < 1.29 is 4.42 Å². The van der Waals surface area contributed by atoms with Crippen LogP contribution in [-0.2, 0) is 6.42 Å². The van der Waals surface area contributed by atoms with E-state index in [1.165, 1.54) is 65.7 Å². The number of rotatable bonds is 3. The molecule has 3 heterocycles. The summed E-state index contributed by atoms with van der Waals surface area (Å²) in [5.41, 5.74) is 13.8. The standard InChI is InChI=1S/C50H36N2O/c1-30-17-25-37(39-13-8-14-40-38-12-5-6-16-45(38)53-50(39)40)42-27-31-28-43-44(51-29-31)26-24-35-21-20-34-11-7-15-41(46(34)47(35)43)49(42)52-48(30)36-22-18-33(19-23-36)32-9-3-2-4-10-32/h2-16,18-24,26,28-29,37,42H,17,25,27H2,1H3/b48-30+,52-49-. The van der Waals surface area contributed by atoms with Gasteiger partial charge in [-0.15, -0.1) is 0 Å². The van der Waals surface area contributed by atoms with Gasteiger partial charge in [0.2, 0.25) is 0 Å². The molecule has 2 aliphatic rings. The highest BCUT2D eigenvalue weighted by Gasteiger charge is 2.35. The van der Waals surface area contributed by atoms with Gasteiger partial charge in [-0.2, -0.15) is 0 Å². The number of aliphatic imine (C=N–C) groups is 1. The molecule has 0 fully saturated rings. The molecule has 0 saturated carbocycles. The average molecular weight is 681 g/mol. The van der Waals surface area contributed by atoms with E-state index in [4.69, 9.17) is 14.4 Å². The van der Waals surface area contributed by atoms with Gasteiger partial charge in [0.1, 0.15) is 11.2 Å². The Bertz CT molecular complexity index is 2980. The average Bonchev–Trinajstić information content (AvgIpc) is 3.61. The van der Waals surface area contributed by atoms with Crippen molar-refractivity contribution in [1.82, 2.24) is 4.98 Å². The second-order valence-corrected chi connectivity index (χ2v) is 14.9. The first kappa shape index (κ1) is 30.3. The van der Waals surface area contributed by atoms with Crippen LogP contribution in [-0.4, -0.2) is 10.7 Å². The molecule has 3 heteroatoms. The number of hydrogen-bond donors (Lipinski definition) is 0. The van der Waals surface area contributed by atoms with Crippen LogP contribution < -0.4 is 0 Å². The molecule has 2 aromatic heterocycles. The van der Waals surface area contributed by atoms with E-state index in [1.807, 2.05) is 0 Å². The lowest BCUT2D eigenvalue weighted by Gasteiger charge is -2.32. The zero-order valence-corrected chi connectivity index (χ0v) is 29.5. The Kier molecular flexibility index (Phi) is 6.79. The maximum Gasteiger partial charge on any atom is 0.138 e. The van der Waals surface area contributed by atoms with E-state index in [0.29, 0.717) is 0 Å². The predicted molar refractivity (Wildman–Crippen MR) is 221 cm³/mol. The molecule has 7 aromatic carbocycles. The number of benzene rings is 7. The van der Waals surface area contributed by atoms with Crippen LogP contribution in [0.1, 0.15) is 47.9 Å². The van der Waals surface area contributed by atoms with Gasteiger partial charge in [-0.3, -0.25) is 9.98 Å². The molecule has 1 aliphatic carbocycles. The molecular formula is C50H36N2O. The molecule has 2 bridgehead atoms. The number of hydrogen-bond acceptors (Lipinski definition) is 3. The highest BCUT2D eigenvalue weighted by molar-refractivity contribution is 6.27. The van der Waals surface area contributed by atoms with Gasteiger partial charge in [0.05, 0.1) is 16.9 Å². The van der Waals surface area contributed by atoms with E-state index in [2.05, 4.69) is 159 Å². The minimum atomic E-state index is 0.0647. The van der Waals surface area contributed by atoms with Crippen molar-refractivity contribution in [2.24, 2.45) is 10.9 Å². The Morgan fingerprint density at radius 1 is 0.604 bits per heavy atom. The van der Waals surface area contributed by atoms with E-state index in [9.17, 15) is 0 Å². The molecule has 3 nitrogen and oxygen atoms in total. The third-order valence-corrected chi connectivity index (χ3v) is 11.9. The zero-order chi connectivity index (χ0) is 35.0. The van der Waals surface area contributed by atoms with Crippen LogP contribution in [0.3, 0.4) is 0 Å². The van der Waals surface area contributed by atoms with Crippen LogP contribution in [0, 0.1) is 5.92 Å². The van der Waals surface area contributed by atoms with Crippen LogP contribution in [0.25, 0.3) is 71.2 Å². The first-order valence-corrected chi connectivity index (χ1v) is 18.8. The minimum Gasteiger partial charge on any atom is -0.456 e. The lowest BCUT2D eigenvalue weighted by molar-refractivity contribution is 0.491. The van der Waals surface area contributed by atoms with Gasteiger partial charge in [-0.05, 0) is 99.7 Å². The van der Waals surface area contributed by atoms with E-state index < -0.39 is 0 Å². The first-order chi connectivity index (χ1) is 26.2. The Balaban J connectivity index is 1.20. The summed E-state index contributed by atoms with van der Waals surface area (Å²) < 4.78 is 6.76. The summed E-state index contributed by atoms with van der Waals surface area (Å²) in [6, 6.07) is 52.9. The van der Waals surface area contributed by atoms with Gasteiger partial charge in [0.25, 0.3) is 0 Å². The minimum absolute atomic E-state index is 0.0647. The van der Waals surface area contributed by atoms with Gasteiger partial charge in [-0.1, -0.05) is 127 Å². The van der Waals surface area contributed by atoms with Crippen LogP contribution in [0.5, 0.6) is 0 Å². The largest absolute Gasteiger partial charge is 0.456 e. The number of fused-ring (bicyclic) bond motifs is 6. The molecule has 0 radical (unpaired) electrons. The number of para-hydroxylation sites is 2. The molecule has 2 unspecified atom stereocenters. The zero-order valence-electron chi connectivity index (χ0n) is 29.5. The molecule has 0 saturated heterocycles. The van der Waals surface area contributed by atoms with Gasteiger partial charge >= 0.3 is 0 Å². The quantitative estimate of drug-likeness (QED) is 0.174. The molecule has 0 amide bonds. The Hall–Kier alpha value is -6.32. The van der Waals surface area contributed by atoms with Crippen LogP contribution >= 0.6 is 0 Å². The molecule has 0 N–H and O–H groups in total. The maximum absolute atomic E-state index is 6.76. The fourth-order valence-electron chi connectivity index (χ4n) is 9.30. The van der Waals surface area contributed by atoms with Crippen molar-refractivity contribution in [3.63, 3.8) is 0 Å².